The number of carbonyl (C=O) groups is 1. The highest BCUT2D eigenvalue weighted by atomic mass is 19.4. The summed E-state index contributed by atoms with van der Waals surface area (Å²) in [7, 11) is 0. The molecule has 1 saturated heterocycles. The molecule has 2 aromatic carbocycles. The van der Waals surface area contributed by atoms with Gasteiger partial charge in [0.05, 0.1) is 6.04 Å². The topological polar surface area (TPSA) is 32.3 Å². The Morgan fingerprint density at radius 1 is 1.04 bits per heavy atom. The van der Waals surface area contributed by atoms with Crippen LogP contribution in [0, 0.1) is 0 Å². The van der Waals surface area contributed by atoms with Crippen molar-refractivity contribution in [2.45, 2.75) is 31.5 Å². The number of piperidine rings is 1. The van der Waals surface area contributed by atoms with Gasteiger partial charge in [-0.2, -0.15) is 13.2 Å². The number of nitrogens with zero attached hydrogens (tertiary/aromatic N) is 1. The molecule has 0 saturated carbocycles. The van der Waals surface area contributed by atoms with Crippen LogP contribution in [0.2, 0.25) is 0 Å². The largest absolute Gasteiger partial charge is 0.471 e. The zero-order valence-electron chi connectivity index (χ0n) is 13.9. The fraction of sp³-hybridized carbons (Fsp3) is 0.421. The first-order valence-corrected chi connectivity index (χ1v) is 8.53. The van der Waals surface area contributed by atoms with E-state index in [-0.39, 0.29) is 0 Å². The van der Waals surface area contributed by atoms with Crippen molar-refractivity contribution in [3.63, 3.8) is 0 Å². The highest BCUT2D eigenvalue weighted by Gasteiger charge is 2.40. The second-order valence-electron chi connectivity index (χ2n) is 6.45. The Hall–Kier alpha value is -2.08. The van der Waals surface area contributed by atoms with E-state index in [2.05, 4.69) is 10.2 Å². The van der Waals surface area contributed by atoms with Gasteiger partial charge in [0, 0.05) is 6.54 Å². The molecule has 1 atom stereocenters. The number of carbonyl (C=O) groups excluding carboxylic acids is 1. The van der Waals surface area contributed by atoms with Crippen LogP contribution in [0.1, 0.15) is 30.9 Å². The van der Waals surface area contributed by atoms with E-state index in [1.807, 2.05) is 36.4 Å². The van der Waals surface area contributed by atoms with E-state index < -0.39 is 18.1 Å². The number of fused-ring (bicyclic) bond motifs is 1. The minimum Gasteiger partial charge on any atom is -0.340 e. The number of likely N-dealkylation sites (tertiary alicyclic amines) is 1. The molecule has 134 valence electrons. The number of amides is 1. The van der Waals surface area contributed by atoms with Crippen LogP contribution >= 0.6 is 0 Å². The molecule has 0 bridgehead atoms. The van der Waals surface area contributed by atoms with Crippen LogP contribution in [0.5, 0.6) is 0 Å². The second kappa shape index (κ2) is 7.44. The van der Waals surface area contributed by atoms with Crippen LogP contribution in [0.15, 0.2) is 42.5 Å². The molecule has 1 heterocycles. The Morgan fingerprint density at radius 2 is 1.72 bits per heavy atom. The molecule has 1 fully saturated rings. The molecule has 1 N–H and O–H groups in total. The molecule has 25 heavy (non-hydrogen) atoms. The summed E-state index contributed by atoms with van der Waals surface area (Å²) in [4.78, 5) is 13.7. The Labute approximate surface area is 144 Å². The fourth-order valence-electron chi connectivity index (χ4n) is 3.42. The van der Waals surface area contributed by atoms with E-state index in [9.17, 15) is 18.0 Å². The highest BCUT2D eigenvalue weighted by Crippen LogP contribution is 2.27. The molecule has 1 aliphatic heterocycles. The summed E-state index contributed by atoms with van der Waals surface area (Å²) in [5.74, 6) is -1.89. The van der Waals surface area contributed by atoms with Crippen molar-refractivity contribution in [2.24, 2.45) is 0 Å². The van der Waals surface area contributed by atoms with Crippen molar-refractivity contribution in [3.8, 4) is 0 Å². The predicted octanol–water partition coefficient (Wildman–Crippen LogP) is 4.05. The lowest BCUT2D eigenvalue weighted by Gasteiger charge is -2.31. The first-order chi connectivity index (χ1) is 11.9. The summed E-state index contributed by atoms with van der Waals surface area (Å²) in [6.45, 7) is 2.09. The molecule has 0 aliphatic carbocycles. The third-order valence-electron chi connectivity index (χ3n) is 4.65. The van der Waals surface area contributed by atoms with Crippen LogP contribution in [-0.4, -0.2) is 36.6 Å². The van der Waals surface area contributed by atoms with Gasteiger partial charge in [-0.25, -0.2) is 0 Å². The first kappa shape index (κ1) is 17.7. The molecule has 6 heteroatoms. The fourth-order valence-corrected chi connectivity index (χ4v) is 3.42. The lowest BCUT2D eigenvalue weighted by molar-refractivity contribution is -0.174. The van der Waals surface area contributed by atoms with Gasteiger partial charge in [0.15, 0.2) is 0 Å². The van der Waals surface area contributed by atoms with E-state index >= 15 is 0 Å². The molecular formula is C19H21F3N2O. The van der Waals surface area contributed by atoms with Crippen molar-refractivity contribution in [1.29, 1.82) is 0 Å². The monoisotopic (exact) mass is 350 g/mol. The smallest absolute Gasteiger partial charge is 0.340 e. The number of halogens is 3. The Kier molecular flexibility index (Phi) is 5.27. The summed E-state index contributed by atoms with van der Waals surface area (Å²) in [5, 5.41) is 4.03. The average molecular weight is 350 g/mol. The van der Waals surface area contributed by atoms with Crippen LogP contribution in [0.4, 0.5) is 13.2 Å². The van der Waals surface area contributed by atoms with Gasteiger partial charge in [-0.3, -0.25) is 4.79 Å². The molecule has 0 aromatic heterocycles. The maximum atomic E-state index is 12.8. The Bertz CT molecular complexity index is 734. The first-order valence-electron chi connectivity index (χ1n) is 8.53. The lowest BCUT2D eigenvalue weighted by atomic mass is 9.97. The zero-order chi connectivity index (χ0) is 17.9. The van der Waals surface area contributed by atoms with Gasteiger partial charge in [-0.1, -0.05) is 48.9 Å². The van der Waals surface area contributed by atoms with Gasteiger partial charge in [0.1, 0.15) is 0 Å². The van der Waals surface area contributed by atoms with Crippen molar-refractivity contribution < 1.29 is 18.0 Å². The standard InChI is InChI=1S/C19H21F3N2O/c20-19(21,22)18(25)23-17(13-24-11-4-1-5-12-24)16-10-6-8-14-7-2-3-9-15(14)16/h2-3,6-10,17H,1,4-5,11-13H2,(H,23,25)/t17-/m0/s1. The van der Waals surface area contributed by atoms with Crippen LogP contribution in [0.25, 0.3) is 10.8 Å². The number of benzene rings is 2. The van der Waals surface area contributed by atoms with E-state index in [4.69, 9.17) is 0 Å². The number of alkyl halides is 3. The third-order valence-corrected chi connectivity index (χ3v) is 4.65. The van der Waals surface area contributed by atoms with Crippen LogP contribution in [-0.2, 0) is 4.79 Å². The third kappa shape index (κ3) is 4.31. The van der Waals surface area contributed by atoms with Crippen LogP contribution in [0.3, 0.4) is 0 Å². The molecule has 3 nitrogen and oxygen atoms in total. The van der Waals surface area contributed by atoms with Gasteiger partial charge in [0.2, 0.25) is 0 Å². The molecule has 1 aliphatic rings. The number of hydrogen-bond donors (Lipinski definition) is 1. The Morgan fingerprint density at radius 3 is 2.44 bits per heavy atom. The zero-order valence-corrected chi connectivity index (χ0v) is 13.9. The van der Waals surface area contributed by atoms with Gasteiger partial charge < -0.3 is 10.2 Å². The molecule has 2 aromatic rings. The summed E-state index contributed by atoms with van der Waals surface area (Å²) in [6, 6.07) is 12.4. The van der Waals surface area contributed by atoms with Crippen molar-refractivity contribution in [2.75, 3.05) is 19.6 Å². The number of hydrogen-bond acceptors (Lipinski definition) is 2. The van der Waals surface area contributed by atoms with E-state index in [0.717, 1.165) is 48.7 Å². The van der Waals surface area contributed by atoms with Gasteiger partial charge in [-0.05, 0) is 42.3 Å². The molecule has 1 amide bonds. The van der Waals surface area contributed by atoms with Crippen molar-refractivity contribution in [3.05, 3.63) is 48.0 Å². The minimum atomic E-state index is -4.88. The molecule has 0 radical (unpaired) electrons. The van der Waals surface area contributed by atoms with Gasteiger partial charge >= 0.3 is 12.1 Å². The molecule has 0 spiro atoms. The highest BCUT2D eigenvalue weighted by molar-refractivity contribution is 5.87. The van der Waals surface area contributed by atoms with Gasteiger partial charge in [0.25, 0.3) is 0 Å². The molecule has 0 unspecified atom stereocenters. The lowest BCUT2D eigenvalue weighted by Crippen LogP contribution is -2.44. The van der Waals surface area contributed by atoms with Gasteiger partial charge in [-0.15, -0.1) is 0 Å². The quantitative estimate of drug-likeness (QED) is 0.902. The summed E-state index contributed by atoms with van der Waals surface area (Å²) < 4.78 is 38.4. The van der Waals surface area contributed by atoms with Crippen LogP contribution < -0.4 is 5.32 Å². The maximum Gasteiger partial charge on any atom is 0.471 e. The average Bonchev–Trinajstić information content (AvgIpc) is 2.60. The Balaban J connectivity index is 1.92. The summed E-state index contributed by atoms with van der Waals surface area (Å²) in [5.41, 5.74) is 0.723. The SMILES string of the molecule is O=C(N[C@@H](CN1CCCCC1)c1cccc2ccccc12)C(F)(F)F. The van der Waals surface area contributed by atoms with Crippen molar-refractivity contribution >= 4 is 16.7 Å². The summed E-state index contributed by atoms with van der Waals surface area (Å²) in [6.07, 6.45) is -1.67. The van der Waals surface area contributed by atoms with E-state index in [1.54, 1.807) is 6.07 Å². The predicted molar refractivity (Wildman–Crippen MR) is 91.2 cm³/mol. The number of rotatable bonds is 4. The summed E-state index contributed by atoms with van der Waals surface area (Å²) >= 11 is 0. The maximum absolute atomic E-state index is 12.8. The van der Waals surface area contributed by atoms with Crippen molar-refractivity contribution in [1.82, 2.24) is 10.2 Å². The second-order valence-corrected chi connectivity index (χ2v) is 6.45. The number of nitrogens with one attached hydrogen (secondary N) is 1. The molecule has 3 rings (SSSR count). The normalized spacial score (nSPS) is 17.4. The molecular weight excluding hydrogens is 329 g/mol. The van der Waals surface area contributed by atoms with E-state index in [0.29, 0.717) is 6.54 Å². The van der Waals surface area contributed by atoms with E-state index in [1.165, 1.54) is 0 Å². The minimum absolute atomic E-state index is 0.385.